The molecule has 6 nitrogen and oxygen atoms in total. The molecule has 0 radical (unpaired) electrons. The van der Waals surface area contributed by atoms with Gasteiger partial charge in [-0.3, -0.25) is 9.69 Å². The molecule has 2 aliphatic rings. The second kappa shape index (κ2) is 11.0. The molecule has 1 amide bonds. The first kappa shape index (κ1) is 22.2. The maximum atomic E-state index is 12.3. The van der Waals surface area contributed by atoms with Crippen molar-refractivity contribution in [2.24, 2.45) is 10.9 Å². The average molecular weight is 440 g/mol. The lowest BCUT2D eigenvalue weighted by Crippen LogP contribution is -2.52. The van der Waals surface area contributed by atoms with Crippen LogP contribution in [0, 0.1) is 5.92 Å². The Balaban J connectivity index is 1.40. The largest absolute Gasteiger partial charge is 0.357 e. The van der Waals surface area contributed by atoms with E-state index in [-0.39, 0.29) is 0 Å². The van der Waals surface area contributed by atoms with Crippen LogP contribution in [0.3, 0.4) is 0 Å². The van der Waals surface area contributed by atoms with E-state index in [0.717, 1.165) is 70.2 Å². The van der Waals surface area contributed by atoms with E-state index >= 15 is 0 Å². The zero-order valence-corrected chi connectivity index (χ0v) is 18.6. The Kier molecular flexibility index (Phi) is 8.45. The van der Waals surface area contributed by atoms with Gasteiger partial charge in [0.05, 0.1) is 6.54 Å². The van der Waals surface area contributed by atoms with Gasteiger partial charge in [0, 0.05) is 61.8 Å². The lowest BCUT2D eigenvalue weighted by Gasteiger charge is -2.38. The number of carbonyl (C=O) groups is 1. The summed E-state index contributed by atoms with van der Waals surface area (Å²) in [5, 5.41) is 7.91. The van der Waals surface area contributed by atoms with Gasteiger partial charge in [0.15, 0.2) is 5.96 Å². The molecule has 1 aromatic carbocycles. The topological polar surface area (TPSA) is 60.0 Å². The van der Waals surface area contributed by atoms with Gasteiger partial charge < -0.3 is 15.5 Å². The van der Waals surface area contributed by atoms with Crippen LogP contribution in [0.2, 0.25) is 10.0 Å². The first-order valence-corrected chi connectivity index (χ1v) is 11.3. The Morgan fingerprint density at radius 2 is 1.93 bits per heavy atom. The molecule has 1 aliphatic carbocycles. The molecule has 1 heterocycles. The molecule has 8 heteroatoms. The van der Waals surface area contributed by atoms with Gasteiger partial charge in [0.2, 0.25) is 5.91 Å². The van der Waals surface area contributed by atoms with E-state index in [2.05, 4.69) is 25.4 Å². The van der Waals surface area contributed by atoms with Crippen LogP contribution < -0.4 is 10.6 Å². The fraction of sp³-hybridized carbons (Fsp3) is 0.619. The van der Waals surface area contributed by atoms with Gasteiger partial charge in [-0.2, -0.15) is 0 Å². The highest BCUT2D eigenvalue weighted by Crippen LogP contribution is 2.28. The van der Waals surface area contributed by atoms with Gasteiger partial charge in [-0.05, 0) is 37.5 Å². The Bertz CT molecular complexity index is 715. The highest BCUT2D eigenvalue weighted by Gasteiger charge is 2.30. The van der Waals surface area contributed by atoms with Gasteiger partial charge in [0.1, 0.15) is 0 Å². The Labute approximate surface area is 183 Å². The lowest BCUT2D eigenvalue weighted by atomic mass is 9.84. The molecule has 0 bridgehead atoms. The van der Waals surface area contributed by atoms with Crippen molar-refractivity contribution in [3.63, 3.8) is 0 Å². The van der Waals surface area contributed by atoms with Gasteiger partial charge >= 0.3 is 0 Å². The number of hydrogen-bond donors (Lipinski definition) is 2. The minimum atomic E-state index is 0.302. The van der Waals surface area contributed by atoms with Crippen molar-refractivity contribution in [2.75, 3.05) is 45.8 Å². The van der Waals surface area contributed by atoms with Crippen molar-refractivity contribution < 1.29 is 4.79 Å². The van der Waals surface area contributed by atoms with Crippen molar-refractivity contribution >= 4 is 35.1 Å². The Morgan fingerprint density at radius 1 is 1.17 bits per heavy atom. The van der Waals surface area contributed by atoms with Crippen LogP contribution in [0.25, 0.3) is 0 Å². The van der Waals surface area contributed by atoms with Crippen LogP contribution in [-0.4, -0.2) is 67.5 Å². The maximum absolute atomic E-state index is 12.3. The number of aliphatic imine (C=N–C) groups is 1. The molecule has 1 aliphatic heterocycles. The third-order valence-electron chi connectivity index (χ3n) is 5.63. The summed E-state index contributed by atoms with van der Waals surface area (Å²) in [6.07, 6.45) is 3.37. The summed E-state index contributed by atoms with van der Waals surface area (Å²) in [4.78, 5) is 21.4. The molecule has 2 fully saturated rings. The molecule has 1 saturated heterocycles. The molecule has 0 atom stereocenters. The number of nitrogens with one attached hydrogen (secondary N) is 2. The minimum absolute atomic E-state index is 0.302. The minimum Gasteiger partial charge on any atom is -0.357 e. The van der Waals surface area contributed by atoms with Crippen LogP contribution in [0.4, 0.5) is 0 Å². The van der Waals surface area contributed by atoms with Crippen molar-refractivity contribution in [3.8, 4) is 0 Å². The summed E-state index contributed by atoms with van der Waals surface area (Å²) in [6, 6.07) is 5.47. The molecule has 1 aromatic rings. The smallest absolute Gasteiger partial charge is 0.225 e. The van der Waals surface area contributed by atoms with E-state index in [1.54, 1.807) is 6.07 Å². The Morgan fingerprint density at radius 3 is 2.55 bits per heavy atom. The van der Waals surface area contributed by atoms with Crippen molar-refractivity contribution in [3.05, 3.63) is 33.8 Å². The van der Waals surface area contributed by atoms with Crippen molar-refractivity contribution in [1.29, 1.82) is 0 Å². The number of carbonyl (C=O) groups excluding carboxylic acids is 1. The monoisotopic (exact) mass is 439 g/mol. The van der Waals surface area contributed by atoms with Crippen LogP contribution in [0.1, 0.15) is 31.7 Å². The molecule has 2 N–H and O–H groups in total. The van der Waals surface area contributed by atoms with E-state index in [1.165, 1.54) is 6.42 Å². The molecule has 0 aromatic heterocycles. The molecule has 29 heavy (non-hydrogen) atoms. The number of hydrogen-bond acceptors (Lipinski definition) is 3. The van der Waals surface area contributed by atoms with Crippen molar-refractivity contribution in [1.82, 2.24) is 20.4 Å². The molecule has 0 unspecified atom stereocenters. The molecular weight excluding hydrogens is 409 g/mol. The second-order valence-electron chi connectivity index (χ2n) is 7.65. The molecule has 160 valence electrons. The van der Waals surface area contributed by atoms with Crippen LogP contribution in [0.5, 0.6) is 0 Å². The summed E-state index contributed by atoms with van der Waals surface area (Å²) >= 11 is 12.2. The van der Waals surface area contributed by atoms with E-state index in [1.807, 2.05) is 19.1 Å². The lowest BCUT2D eigenvalue weighted by molar-refractivity contribution is -0.139. The van der Waals surface area contributed by atoms with Crippen molar-refractivity contribution in [2.45, 2.75) is 32.7 Å². The SMILES string of the molecule is CCNC(=NCc1ccc(Cl)cc1Cl)NCCN1CCN(C(=O)C2CCC2)CC1. The van der Waals surface area contributed by atoms with Gasteiger partial charge in [-0.1, -0.05) is 35.7 Å². The summed E-state index contributed by atoms with van der Waals surface area (Å²) in [7, 11) is 0. The molecule has 1 saturated carbocycles. The van der Waals surface area contributed by atoms with E-state index in [0.29, 0.717) is 28.4 Å². The fourth-order valence-corrected chi connectivity index (χ4v) is 4.06. The predicted octanol–water partition coefficient (Wildman–Crippen LogP) is 2.99. The molecule has 0 spiro atoms. The van der Waals surface area contributed by atoms with Crippen LogP contribution >= 0.6 is 23.2 Å². The zero-order valence-electron chi connectivity index (χ0n) is 17.1. The standard InChI is InChI=1S/C21H31Cl2N5O/c1-2-24-21(26-15-17-6-7-18(22)14-19(17)23)25-8-9-27-10-12-28(13-11-27)20(29)16-4-3-5-16/h6-7,14,16H,2-5,8-13,15H2,1H3,(H2,24,25,26). The van der Waals surface area contributed by atoms with E-state index in [9.17, 15) is 4.79 Å². The number of rotatable bonds is 7. The highest BCUT2D eigenvalue weighted by molar-refractivity contribution is 6.35. The maximum Gasteiger partial charge on any atom is 0.225 e. The Hall–Kier alpha value is -1.50. The summed E-state index contributed by atoms with van der Waals surface area (Å²) in [5.74, 6) is 1.45. The number of amides is 1. The first-order valence-electron chi connectivity index (χ1n) is 10.5. The average Bonchev–Trinajstić information content (AvgIpc) is 2.66. The third-order valence-corrected chi connectivity index (χ3v) is 6.21. The fourth-order valence-electron chi connectivity index (χ4n) is 3.59. The number of nitrogens with zero attached hydrogens (tertiary/aromatic N) is 3. The zero-order chi connectivity index (χ0) is 20.6. The highest BCUT2D eigenvalue weighted by atomic mass is 35.5. The molecule has 3 rings (SSSR count). The number of piperazine rings is 1. The summed E-state index contributed by atoms with van der Waals surface area (Å²) < 4.78 is 0. The number of benzene rings is 1. The van der Waals surface area contributed by atoms with E-state index in [4.69, 9.17) is 23.2 Å². The number of guanidine groups is 1. The van der Waals surface area contributed by atoms with Crippen LogP contribution in [0.15, 0.2) is 23.2 Å². The summed E-state index contributed by atoms with van der Waals surface area (Å²) in [5.41, 5.74) is 0.945. The van der Waals surface area contributed by atoms with Gasteiger partial charge in [0.25, 0.3) is 0 Å². The quantitative estimate of drug-likeness (QED) is 0.506. The second-order valence-corrected chi connectivity index (χ2v) is 8.50. The predicted molar refractivity (Wildman–Crippen MR) is 120 cm³/mol. The summed E-state index contributed by atoms with van der Waals surface area (Å²) in [6.45, 7) is 8.63. The molecular formula is C21H31Cl2N5O. The third kappa shape index (κ3) is 6.49. The number of halogens is 2. The van der Waals surface area contributed by atoms with Gasteiger partial charge in [-0.15, -0.1) is 0 Å². The van der Waals surface area contributed by atoms with Gasteiger partial charge in [-0.25, -0.2) is 4.99 Å². The van der Waals surface area contributed by atoms with E-state index < -0.39 is 0 Å². The van der Waals surface area contributed by atoms with Crippen LogP contribution in [-0.2, 0) is 11.3 Å². The first-order chi connectivity index (χ1) is 14.1. The normalized spacial score (nSPS) is 18.4.